The van der Waals surface area contributed by atoms with E-state index in [4.69, 9.17) is 23.1 Å². The van der Waals surface area contributed by atoms with Crippen LogP contribution in [0.4, 0.5) is 0 Å². The van der Waals surface area contributed by atoms with Crippen LogP contribution in [0.15, 0.2) is 72.8 Å². The first-order valence-corrected chi connectivity index (χ1v) is 23.1. The molecule has 1 saturated heterocycles. The lowest BCUT2D eigenvalue weighted by atomic mass is 9.92. The number of benzene rings is 2. The molecular weight excluding hydrogens is 645 g/mol. The Balaban J connectivity index is 1.96. The summed E-state index contributed by atoms with van der Waals surface area (Å²) < 4.78 is 32.6. The van der Waals surface area contributed by atoms with Gasteiger partial charge in [-0.3, -0.25) is 4.79 Å². The number of ether oxygens (including phenoxy) is 3. The largest absolute Gasteiger partial charge is 0.466 e. The minimum atomic E-state index is -2.72. The van der Waals surface area contributed by atoms with Gasteiger partial charge >= 0.3 is 5.97 Å². The van der Waals surface area contributed by atoms with Gasteiger partial charge in [-0.1, -0.05) is 128 Å². The third kappa shape index (κ3) is 10.3. The highest BCUT2D eigenvalue weighted by molar-refractivity contribution is 6.99. The summed E-state index contributed by atoms with van der Waals surface area (Å²) in [6, 6.07) is 21.7. The minimum absolute atomic E-state index is 0.0531. The van der Waals surface area contributed by atoms with E-state index in [1.807, 2.05) is 27.7 Å². The van der Waals surface area contributed by atoms with Crippen molar-refractivity contribution in [3.05, 3.63) is 72.8 Å². The maximum atomic E-state index is 12.6. The molecule has 6 atom stereocenters. The maximum absolute atomic E-state index is 12.6. The Morgan fingerprint density at radius 1 is 0.898 bits per heavy atom. The Morgan fingerprint density at radius 2 is 1.43 bits per heavy atom. The second-order valence-corrected chi connectivity index (χ2v) is 26.1. The monoisotopic (exact) mass is 710 g/mol. The molecule has 0 bridgehead atoms. The fourth-order valence-corrected chi connectivity index (χ4v) is 12.9. The molecule has 8 heteroatoms. The van der Waals surface area contributed by atoms with Gasteiger partial charge in [-0.15, -0.1) is 0 Å². The average Bonchev–Trinajstić information content (AvgIpc) is 3.01. The second-order valence-electron chi connectivity index (χ2n) is 17.0. The van der Waals surface area contributed by atoms with Crippen LogP contribution in [0, 0.1) is 17.8 Å². The lowest BCUT2D eigenvalue weighted by molar-refractivity contribution is -0.297. The number of hydrogen-bond acceptors (Lipinski definition) is 6. The van der Waals surface area contributed by atoms with E-state index in [0.29, 0.717) is 19.6 Å². The normalized spacial score (nSPS) is 21.6. The Bertz CT molecular complexity index is 1310. The fraction of sp³-hybridized carbons (Fsp3) is 0.634. The summed E-state index contributed by atoms with van der Waals surface area (Å²) in [6.45, 7) is 31.5. The minimum Gasteiger partial charge on any atom is -0.466 e. The van der Waals surface area contributed by atoms with E-state index in [1.165, 1.54) is 10.4 Å². The van der Waals surface area contributed by atoms with Crippen LogP contribution in [-0.2, 0) is 27.9 Å². The molecule has 0 unspecified atom stereocenters. The van der Waals surface area contributed by atoms with Gasteiger partial charge in [-0.05, 0) is 67.2 Å². The molecule has 6 nitrogen and oxygen atoms in total. The van der Waals surface area contributed by atoms with Gasteiger partial charge in [-0.25, -0.2) is 0 Å². The van der Waals surface area contributed by atoms with Crippen LogP contribution >= 0.6 is 0 Å². The molecule has 49 heavy (non-hydrogen) atoms. The van der Waals surface area contributed by atoms with Crippen molar-refractivity contribution in [1.82, 2.24) is 0 Å². The molecule has 0 amide bonds. The van der Waals surface area contributed by atoms with Gasteiger partial charge in [0.05, 0.1) is 30.8 Å². The molecule has 0 saturated carbocycles. The van der Waals surface area contributed by atoms with Crippen molar-refractivity contribution in [1.29, 1.82) is 0 Å². The number of esters is 1. The van der Waals surface area contributed by atoms with Crippen LogP contribution in [0.3, 0.4) is 0 Å². The molecule has 1 aliphatic heterocycles. The van der Waals surface area contributed by atoms with Crippen molar-refractivity contribution < 1.29 is 27.9 Å². The van der Waals surface area contributed by atoms with Gasteiger partial charge in [0.1, 0.15) is 0 Å². The molecular formula is C41H66O6Si2. The van der Waals surface area contributed by atoms with Gasteiger partial charge in [0, 0.05) is 18.9 Å². The van der Waals surface area contributed by atoms with Crippen molar-refractivity contribution in [2.24, 2.45) is 17.8 Å². The van der Waals surface area contributed by atoms with E-state index in [9.17, 15) is 4.79 Å². The highest BCUT2D eigenvalue weighted by Gasteiger charge is 2.51. The zero-order valence-corrected chi connectivity index (χ0v) is 35.0. The predicted octanol–water partition coefficient (Wildman–Crippen LogP) is 8.89. The van der Waals surface area contributed by atoms with Crippen molar-refractivity contribution >= 4 is 33.0 Å². The first-order valence-electron chi connectivity index (χ1n) is 18.3. The quantitative estimate of drug-likeness (QED) is 0.111. The summed E-state index contributed by atoms with van der Waals surface area (Å²) in [5, 5.41) is 2.50. The average molecular weight is 711 g/mol. The van der Waals surface area contributed by atoms with Crippen LogP contribution in [0.1, 0.15) is 89.5 Å². The van der Waals surface area contributed by atoms with Crippen LogP contribution in [0.5, 0.6) is 0 Å². The molecule has 0 aliphatic carbocycles. The van der Waals surface area contributed by atoms with Crippen LogP contribution in [-0.4, -0.2) is 59.9 Å². The van der Waals surface area contributed by atoms with E-state index in [0.717, 1.165) is 0 Å². The van der Waals surface area contributed by atoms with Gasteiger partial charge in [0.2, 0.25) is 0 Å². The highest BCUT2D eigenvalue weighted by atomic mass is 28.4. The molecule has 274 valence electrons. The summed E-state index contributed by atoms with van der Waals surface area (Å²) in [5.41, 5.74) is 0. The second kappa shape index (κ2) is 16.5. The molecule has 0 spiro atoms. The molecule has 2 aromatic carbocycles. The summed E-state index contributed by atoms with van der Waals surface area (Å²) in [6.07, 6.45) is 4.40. The molecule has 0 radical (unpaired) electrons. The third-order valence-corrected chi connectivity index (χ3v) is 20.0. The highest BCUT2D eigenvalue weighted by Crippen LogP contribution is 2.41. The molecule has 1 aliphatic rings. The number of carbonyl (C=O) groups excluding carboxylic acids is 1. The molecule has 0 aromatic heterocycles. The zero-order chi connectivity index (χ0) is 36.8. The molecule has 1 fully saturated rings. The zero-order valence-electron chi connectivity index (χ0n) is 33.0. The van der Waals surface area contributed by atoms with Crippen molar-refractivity contribution in [3.8, 4) is 0 Å². The maximum Gasteiger partial charge on any atom is 0.311 e. The van der Waals surface area contributed by atoms with Crippen molar-refractivity contribution in [3.63, 3.8) is 0 Å². The van der Waals surface area contributed by atoms with Crippen molar-refractivity contribution in [2.75, 3.05) is 13.2 Å². The number of hydrogen-bond donors (Lipinski definition) is 0. The third-order valence-electron chi connectivity index (χ3n) is 10.5. The first kappa shape index (κ1) is 41.3. The van der Waals surface area contributed by atoms with E-state index in [2.05, 4.69) is 141 Å². The molecule has 1 heterocycles. The van der Waals surface area contributed by atoms with Crippen LogP contribution in [0.2, 0.25) is 23.2 Å². The van der Waals surface area contributed by atoms with Gasteiger partial charge < -0.3 is 23.1 Å². The predicted molar refractivity (Wildman–Crippen MR) is 207 cm³/mol. The van der Waals surface area contributed by atoms with E-state index in [1.54, 1.807) is 0 Å². The lowest BCUT2D eigenvalue weighted by Gasteiger charge is -2.46. The van der Waals surface area contributed by atoms with Crippen LogP contribution in [0.25, 0.3) is 0 Å². The smallest absolute Gasteiger partial charge is 0.311 e. The standard InChI is InChI=1S/C41H66O6Si2/c1-15-43-38(42)32(4)36-28-33(45-41(11,12)46-36)27-26-30(2)37(47-48(13,14)39(5,6)7)31(3)29-44-49(40(8,9)10,34-22-18-16-19-23-34)35-24-20-17-21-25-35/h16-27,30-33,36-37H,15,28-29H2,1-14H3/b27-26-/t30-,31-,32-,33+,36-,37-/m0/s1. The number of rotatable bonds is 14. The Morgan fingerprint density at radius 3 is 1.90 bits per heavy atom. The Labute approximate surface area is 300 Å². The van der Waals surface area contributed by atoms with Crippen LogP contribution < -0.4 is 10.4 Å². The van der Waals surface area contributed by atoms with Gasteiger partial charge in [0.15, 0.2) is 14.1 Å². The summed E-state index contributed by atoms with van der Waals surface area (Å²) in [5.74, 6) is -1.25. The van der Waals surface area contributed by atoms with Gasteiger partial charge in [0.25, 0.3) is 8.32 Å². The Kier molecular flexibility index (Phi) is 13.9. The lowest BCUT2D eigenvalue weighted by Crippen LogP contribution is -2.67. The summed E-state index contributed by atoms with van der Waals surface area (Å²) in [4.78, 5) is 12.6. The molecule has 3 rings (SSSR count). The van der Waals surface area contributed by atoms with E-state index < -0.39 is 22.4 Å². The van der Waals surface area contributed by atoms with Gasteiger partial charge in [-0.2, -0.15) is 0 Å². The molecule has 2 aromatic rings. The summed E-state index contributed by atoms with van der Waals surface area (Å²) >= 11 is 0. The molecule has 0 N–H and O–H groups in total. The topological polar surface area (TPSA) is 63.2 Å². The van der Waals surface area contributed by atoms with Crippen molar-refractivity contribution in [2.45, 2.75) is 137 Å². The summed E-state index contributed by atoms with van der Waals surface area (Å²) in [7, 11) is -4.87. The Hall–Kier alpha value is -2.08. The van der Waals surface area contributed by atoms with E-state index in [-0.39, 0.29) is 52.1 Å². The van der Waals surface area contributed by atoms with E-state index >= 15 is 0 Å². The first-order chi connectivity index (χ1) is 22.6. The SMILES string of the molecule is CCOC(=O)[C@@H](C)[C@@H]1C[C@@H](/C=C\[C@H](C)[C@H](O[Si](C)(C)C(C)(C)C)[C@@H](C)CO[Si](c2ccccc2)(c2ccccc2)C(C)(C)C)OC(C)(C)O1. The number of carbonyl (C=O) groups is 1. The fourth-order valence-electron chi connectivity index (χ4n) is 6.71.